The summed E-state index contributed by atoms with van der Waals surface area (Å²) in [5.41, 5.74) is 11.5. The molecule has 6 heteroatoms. The molecule has 1 unspecified atom stereocenters. The Kier molecular flexibility index (Phi) is 8.46. The molecule has 6 nitrogen and oxygen atoms in total. The molecule has 40 heavy (non-hydrogen) atoms. The summed E-state index contributed by atoms with van der Waals surface area (Å²) < 4.78 is 0. The fourth-order valence-electron chi connectivity index (χ4n) is 5.49. The van der Waals surface area contributed by atoms with E-state index in [1.165, 1.54) is 22.3 Å². The first-order valence-corrected chi connectivity index (χ1v) is 14.0. The number of pyridine rings is 2. The van der Waals surface area contributed by atoms with Crippen LogP contribution in [0.2, 0.25) is 0 Å². The SMILES string of the molecule is C=C1C=C(NC)C=CN1c1ccnc(C)c1/C=C(\C)C(C)N1CC=C(c2c(C)cc(C(C)(C)C#N)nc2C)CC1. The molecule has 1 atom stereocenters. The lowest BCUT2D eigenvalue weighted by Gasteiger charge is -2.33. The minimum atomic E-state index is -0.596. The van der Waals surface area contributed by atoms with Gasteiger partial charge in [-0.3, -0.25) is 14.9 Å². The molecule has 2 aromatic rings. The predicted octanol–water partition coefficient (Wildman–Crippen LogP) is 6.73. The van der Waals surface area contributed by atoms with Gasteiger partial charge in [0.15, 0.2) is 0 Å². The molecule has 0 bridgehead atoms. The average Bonchev–Trinajstić information content (AvgIpc) is 2.93. The van der Waals surface area contributed by atoms with Gasteiger partial charge in [-0.05, 0) is 90.3 Å². The van der Waals surface area contributed by atoms with Crippen molar-refractivity contribution in [2.45, 2.75) is 66.3 Å². The van der Waals surface area contributed by atoms with Crippen molar-refractivity contribution in [2.75, 3.05) is 25.0 Å². The lowest BCUT2D eigenvalue weighted by atomic mass is 9.87. The van der Waals surface area contributed by atoms with Crippen LogP contribution in [0.15, 0.2) is 66.3 Å². The van der Waals surface area contributed by atoms with E-state index in [-0.39, 0.29) is 6.04 Å². The third-order valence-corrected chi connectivity index (χ3v) is 8.21. The normalized spacial score (nSPS) is 17.3. The van der Waals surface area contributed by atoms with Crippen molar-refractivity contribution in [2.24, 2.45) is 0 Å². The number of rotatable bonds is 7. The second kappa shape index (κ2) is 11.7. The fourth-order valence-corrected chi connectivity index (χ4v) is 5.49. The lowest BCUT2D eigenvalue weighted by Crippen LogP contribution is -2.37. The van der Waals surface area contributed by atoms with Crippen LogP contribution in [-0.2, 0) is 5.41 Å². The topological polar surface area (TPSA) is 68.1 Å². The second-order valence-corrected chi connectivity index (χ2v) is 11.4. The van der Waals surface area contributed by atoms with Gasteiger partial charge in [0, 0.05) is 72.5 Å². The van der Waals surface area contributed by atoms with Crippen molar-refractivity contribution >= 4 is 17.3 Å². The maximum atomic E-state index is 9.56. The highest BCUT2D eigenvalue weighted by Gasteiger charge is 2.26. The smallest absolute Gasteiger partial charge is 0.0937 e. The summed E-state index contributed by atoms with van der Waals surface area (Å²) in [4.78, 5) is 14.1. The molecule has 0 saturated carbocycles. The van der Waals surface area contributed by atoms with E-state index in [4.69, 9.17) is 4.98 Å². The zero-order valence-electron chi connectivity index (χ0n) is 25.3. The minimum Gasteiger partial charge on any atom is -0.388 e. The molecule has 208 valence electrons. The Morgan fingerprint density at radius 1 is 1.25 bits per heavy atom. The molecule has 2 aliphatic heterocycles. The van der Waals surface area contributed by atoms with Gasteiger partial charge in [-0.2, -0.15) is 5.26 Å². The highest BCUT2D eigenvalue weighted by Crippen LogP contribution is 2.33. The van der Waals surface area contributed by atoms with Gasteiger partial charge in [0.1, 0.15) is 0 Å². The van der Waals surface area contributed by atoms with Crippen molar-refractivity contribution in [1.82, 2.24) is 20.2 Å². The van der Waals surface area contributed by atoms with Crippen LogP contribution in [-0.4, -0.2) is 41.0 Å². The Morgan fingerprint density at radius 3 is 2.60 bits per heavy atom. The van der Waals surface area contributed by atoms with E-state index < -0.39 is 5.41 Å². The van der Waals surface area contributed by atoms with Crippen molar-refractivity contribution < 1.29 is 0 Å². The number of allylic oxidation sites excluding steroid dienone is 2. The summed E-state index contributed by atoms with van der Waals surface area (Å²) >= 11 is 0. The van der Waals surface area contributed by atoms with Crippen molar-refractivity contribution in [3.8, 4) is 6.07 Å². The van der Waals surface area contributed by atoms with Crippen molar-refractivity contribution in [1.29, 1.82) is 5.26 Å². The van der Waals surface area contributed by atoms with Gasteiger partial charge in [0.25, 0.3) is 0 Å². The summed E-state index contributed by atoms with van der Waals surface area (Å²) in [5, 5.41) is 12.7. The van der Waals surface area contributed by atoms with Crippen LogP contribution in [0.4, 0.5) is 5.69 Å². The first-order valence-electron chi connectivity index (χ1n) is 14.0. The molecule has 0 saturated heterocycles. The number of anilines is 1. The van der Waals surface area contributed by atoms with Crippen molar-refractivity contribution in [3.05, 3.63) is 100 Å². The number of nitriles is 1. The monoisotopic (exact) mass is 534 g/mol. The van der Waals surface area contributed by atoms with Gasteiger partial charge in [-0.15, -0.1) is 0 Å². The first-order chi connectivity index (χ1) is 19.0. The highest BCUT2D eigenvalue weighted by molar-refractivity contribution is 5.75. The largest absolute Gasteiger partial charge is 0.388 e. The van der Waals surface area contributed by atoms with Gasteiger partial charge in [0.05, 0.1) is 22.9 Å². The summed E-state index contributed by atoms with van der Waals surface area (Å²) in [6, 6.07) is 6.80. The molecule has 0 fully saturated rings. The first kappa shape index (κ1) is 29.0. The minimum absolute atomic E-state index is 0.278. The van der Waals surface area contributed by atoms with Crippen LogP contribution in [0, 0.1) is 32.1 Å². The Morgan fingerprint density at radius 2 is 2.00 bits per heavy atom. The van der Waals surface area contributed by atoms with E-state index in [1.54, 1.807) is 0 Å². The van der Waals surface area contributed by atoms with Crippen LogP contribution in [0.3, 0.4) is 0 Å². The predicted molar refractivity (Wildman–Crippen MR) is 167 cm³/mol. The number of hydrogen-bond acceptors (Lipinski definition) is 6. The average molecular weight is 535 g/mol. The summed E-state index contributed by atoms with van der Waals surface area (Å²) in [6.45, 7) is 20.8. The van der Waals surface area contributed by atoms with Gasteiger partial charge in [-0.1, -0.05) is 24.3 Å². The van der Waals surface area contributed by atoms with E-state index >= 15 is 0 Å². The molecular weight excluding hydrogens is 492 g/mol. The van der Waals surface area contributed by atoms with Crippen LogP contribution in [0.5, 0.6) is 0 Å². The summed E-state index contributed by atoms with van der Waals surface area (Å²) in [6.07, 6.45) is 13.6. The van der Waals surface area contributed by atoms with Crippen LogP contribution in [0.25, 0.3) is 11.6 Å². The Bertz CT molecular complexity index is 1460. The molecule has 0 aromatic carbocycles. The van der Waals surface area contributed by atoms with Crippen LogP contribution < -0.4 is 10.2 Å². The number of nitrogens with one attached hydrogen (secondary N) is 1. The lowest BCUT2D eigenvalue weighted by molar-refractivity contribution is 0.258. The third-order valence-electron chi connectivity index (χ3n) is 8.21. The third kappa shape index (κ3) is 5.80. The number of aryl methyl sites for hydroxylation is 3. The van der Waals surface area contributed by atoms with Crippen LogP contribution in [0.1, 0.15) is 67.9 Å². The molecule has 0 radical (unpaired) electrons. The Labute approximate surface area is 240 Å². The summed E-state index contributed by atoms with van der Waals surface area (Å²) in [5.74, 6) is 0. The van der Waals surface area contributed by atoms with E-state index in [9.17, 15) is 5.26 Å². The van der Waals surface area contributed by atoms with E-state index in [0.29, 0.717) is 0 Å². The second-order valence-electron chi connectivity index (χ2n) is 11.4. The van der Waals surface area contributed by atoms with Crippen molar-refractivity contribution in [3.63, 3.8) is 0 Å². The molecule has 0 amide bonds. The molecule has 4 heterocycles. The Balaban J connectivity index is 1.55. The molecule has 0 aliphatic carbocycles. The molecule has 2 aliphatic rings. The van der Waals surface area contributed by atoms with Gasteiger partial charge in [0.2, 0.25) is 0 Å². The quantitative estimate of drug-likeness (QED) is 0.425. The zero-order chi connectivity index (χ0) is 29.2. The maximum absolute atomic E-state index is 9.56. The van der Waals surface area contributed by atoms with Gasteiger partial charge < -0.3 is 10.2 Å². The molecular formula is C34H42N6. The van der Waals surface area contributed by atoms with E-state index in [1.807, 2.05) is 33.2 Å². The number of nitrogens with zero attached hydrogens (tertiary/aromatic N) is 5. The van der Waals surface area contributed by atoms with Crippen LogP contribution >= 0.6 is 0 Å². The Hall–Kier alpha value is -3.95. The number of aromatic nitrogens is 2. The highest BCUT2D eigenvalue weighted by atomic mass is 15.2. The number of hydrogen-bond donors (Lipinski definition) is 1. The molecule has 0 spiro atoms. The summed E-state index contributed by atoms with van der Waals surface area (Å²) in [7, 11) is 1.92. The van der Waals surface area contributed by atoms with E-state index in [0.717, 1.165) is 59.2 Å². The molecule has 2 aromatic heterocycles. The zero-order valence-corrected chi connectivity index (χ0v) is 25.3. The molecule has 4 rings (SSSR count). The fraction of sp³-hybridized carbons (Fsp3) is 0.382. The standard InChI is InChI=1S/C34H42N6/c1-22(18-30-25(4)37-14-10-31(30)40-17-13-29(36-9)20-24(40)3)27(6)39-15-11-28(12-16-39)33-23(2)19-32(38-26(33)5)34(7,8)21-35/h10-11,13-14,17-20,27,36H,3,12,15-16H2,1-2,4-9H3/b22-18+. The maximum Gasteiger partial charge on any atom is 0.0937 e. The van der Waals surface area contributed by atoms with E-state index in [2.05, 4.69) is 104 Å². The molecule has 1 N–H and O–H groups in total. The van der Waals surface area contributed by atoms with Gasteiger partial charge >= 0.3 is 0 Å². The van der Waals surface area contributed by atoms with Gasteiger partial charge in [-0.25, -0.2) is 0 Å². The number of likely N-dealkylation sites (N-methyl/N-ethyl adjacent to an activating group) is 1.